The predicted octanol–water partition coefficient (Wildman–Crippen LogP) is 5.33. The lowest BCUT2D eigenvalue weighted by Crippen LogP contribution is -2.23. The molecule has 0 aliphatic heterocycles. The molecular formula is C13H6BrClF4O3S. The van der Waals surface area contributed by atoms with Gasteiger partial charge in [0.2, 0.25) is 0 Å². The van der Waals surface area contributed by atoms with E-state index in [0.717, 1.165) is 30.3 Å². The van der Waals surface area contributed by atoms with Gasteiger partial charge in [0.05, 0.1) is 9.37 Å². The summed E-state index contributed by atoms with van der Waals surface area (Å²) in [6.45, 7) is 0. The molecule has 2 aromatic rings. The zero-order valence-electron chi connectivity index (χ0n) is 10.9. The van der Waals surface area contributed by atoms with Gasteiger partial charge in [-0.25, -0.2) is 12.8 Å². The van der Waals surface area contributed by atoms with E-state index in [2.05, 4.69) is 15.9 Å². The highest BCUT2D eigenvalue weighted by molar-refractivity contribution is 9.10. The molecule has 10 heteroatoms. The molecule has 2 rings (SSSR count). The van der Waals surface area contributed by atoms with Crippen LogP contribution in [0.3, 0.4) is 0 Å². The van der Waals surface area contributed by atoms with E-state index in [1.54, 1.807) is 0 Å². The molecule has 0 heterocycles. The largest absolute Gasteiger partial charge is 0.501 e. The number of hydrogen-bond acceptors (Lipinski definition) is 3. The smallest absolute Gasteiger partial charge is 0.456 e. The highest BCUT2D eigenvalue weighted by Crippen LogP contribution is 2.36. The van der Waals surface area contributed by atoms with Crippen LogP contribution >= 0.6 is 27.5 Å². The summed E-state index contributed by atoms with van der Waals surface area (Å²) in [6, 6.07) is 5.85. The van der Waals surface area contributed by atoms with Crippen LogP contribution in [0.5, 0.6) is 11.5 Å². The molecule has 0 aliphatic rings. The molecule has 3 nitrogen and oxygen atoms in total. The summed E-state index contributed by atoms with van der Waals surface area (Å²) >= 11 is 8.57. The Morgan fingerprint density at radius 2 is 1.74 bits per heavy atom. The fourth-order valence-corrected chi connectivity index (χ4v) is 3.19. The predicted molar refractivity (Wildman–Crippen MR) is 78.9 cm³/mol. The van der Waals surface area contributed by atoms with Gasteiger partial charge in [0.1, 0.15) is 17.3 Å². The van der Waals surface area contributed by atoms with Crippen LogP contribution in [0.15, 0.2) is 45.8 Å². The first kappa shape index (κ1) is 18.0. The summed E-state index contributed by atoms with van der Waals surface area (Å²) in [7, 11) is -5.47. The number of sulfone groups is 1. The van der Waals surface area contributed by atoms with Crippen LogP contribution in [0, 0.1) is 5.82 Å². The van der Waals surface area contributed by atoms with Crippen molar-refractivity contribution in [2.45, 2.75) is 10.4 Å². The average Bonchev–Trinajstić information content (AvgIpc) is 2.38. The summed E-state index contributed by atoms with van der Waals surface area (Å²) < 4.78 is 78.5. The second kappa shape index (κ2) is 6.29. The van der Waals surface area contributed by atoms with Crippen molar-refractivity contribution < 1.29 is 30.7 Å². The molecule has 0 aromatic heterocycles. The number of ether oxygens (including phenoxy) is 1. The fourth-order valence-electron chi connectivity index (χ4n) is 1.58. The molecule has 0 atom stereocenters. The van der Waals surface area contributed by atoms with E-state index in [0.29, 0.717) is 0 Å². The van der Waals surface area contributed by atoms with Crippen molar-refractivity contribution in [3.63, 3.8) is 0 Å². The van der Waals surface area contributed by atoms with Gasteiger partial charge in [0.15, 0.2) is 0 Å². The zero-order chi connectivity index (χ0) is 17.4. The molecule has 0 unspecified atom stereocenters. The number of hydrogen-bond donors (Lipinski definition) is 0. The Morgan fingerprint density at radius 1 is 1.09 bits per heavy atom. The molecule has 0 fully saturated rings. The Balaban J connectivity index is 2.37. The van der Waals surface area contributed by atoms with Gasteiger partial charge in [0.25, 0.3) is 9.84 Å². The molecule has 124 valence electrons. The lowest BCUT2D eigenvalue weighted by Gasteiger charge is -2.11. The van der Waals surface area contributed by atoms with E-state index in [-0.39, 0.29) is 21.0 Å². The van der Waals surface area contributed by atoms with Crippen LogP contribution in [-0.4, -0.2) is 13.9 Å². The Labute approximate surface area is 141 Å². The zero-order valence-corrected chi connectivity index (χ0v) is 14.0. The molecule has 0 bridgehead atoms. The van der Waals surface area contributed by atoms with E-state index in [4.69, 9.17) is 16.3 Å². The summed E-state index contributed by atoms with van der Waals surface area (Å²) in [5.74, 6) is -0.671. The third kappa shape index (κ3) is 3.96. The van der Waals surface area contributed by atoms with Crippen LogP contribution in [0.2, 0.25) is 5.02 Å². The van der Waals surface area contributed by atoms with Crippen LogP contribution < -0.4 is 4.74 Å². The highest BCUT2D eigenvalue weighted by atomic mass is 79.9. The topological polar surface area (TPSA) is 43.4 Å². The minimum Gasteiger partial charge on any atom is -0.456 e. The first-order chi connectivity index (χ1) is 10.5. The minimum absolute atomic E-state index is 0.00197. The van der Waals surface area contributed by atoms with Crippen LogP contribution in [0.4, 0.5) is 17.6 Å². The van der Waals surface area contributed by atoms with Crippen molar-refractivity contribution in [1.29, 1.82) is 0 Å². The van der Waals surface area contributed by atoms with E-state index < -0.39 is 26.1 Å². The van der Waals surface area contributed by atoms with E-state index in [1.165, 1.54) is 6.07 Å². The van der Waals surface area contributed by atoms with Crippen molar-refractivity contribution in [3.05, 3.63) is 51.7 Å². The average molecular weight is 434 g/mol. The normalized spacial score (nSPS) is 12.3. The molecular weight excluding hydrogens is 428 g/mol. The SMILES string of the molecule is O=S(=O)(c1ccc(Oc2cc(F)cc(Cl)c2)c(Br)c1)C(F)(F)F. The molecule has 0 amide bonds. The third-order valence-corrected chi connectivity index (χ3v) is 4.90. The van der Waals surface area contributed by atoms with Gasteiger partial charge < -0.3 is 4.74 Å². The number of alkyl halides is 3. The van der Waals surface area contributed by atoms with E-state index in [1.807, 2.05) is 0 Å². The lowest BCUT2D eigenvalue weighted by molar-refractivity contribution is -0.0436. The first-order valence-electron chi connectivity index (χ1n) is 5.75. The molecule has 0 saturated heterocycles. The maximum Gasteiger partial charge on any atom is 0.501 e. The van der Waals surface area contributed by atoms with E-state index >= 15 is 0 Å². The fraction of sp³-hybridized carbons (Fsp3) is 0.0769. The van der Waals surface area contributed by atoms with Gasteiger partial charge in [-0.1, -0.05) is 11.6 Å². The third-order valence-electron chi connectivity index (χ3n) is 2.58. The lowest BCUT2D eigenvalue weighted by atomic mass is 10.3. The molecule has 23 heavy (non-hydrogen) atoms. The van der Waals surface area contributed by atoms with Crippen LogP contribution in [0.25, 0.3) is 0 Å². The second-order valence-corrected chi connectivity index (χ2v) is 7.48. The number of benzene rings is 2. The van der Waals surface area contributed by atoms with Crippen LogP contribution in [-0.2, 0) is 9.84 Å². The monoisotopic (exact) mass is 432 g/mol. The maximum absolute atomic E-state index is 13.2. The Morgan fingerprint density at radius 3 is 2.26 bits per heavy atom. The van der Waals surface area contributed by atoms with Gasteiger partial charge in [-0.3, -0.25) is 0 Å². The standard InChI is InChI=1S/C13H6BrClF4O3S/c14-11-6-10(23(20,21)13(17,18)19)1-2-12(11)22-9-4-7(15)3-8(16)5-9/h1-6H. The molecule has 0 saturated carbocycles. The van der Waals surface area contributed by atoms with Crippen molar-refractivity contribution in [3.8, 4) is 11.5 Å². The van der Waals surface area contributed by atoms with Crippen molar-refractivity contribution in [1.82, 2.24) is 0 Å². The Kier molecular flexibility index (Phi) is 4.93. The number of rotatable bonds is 3. The molecule has 0 radical (unpaired) electrons. The summed E-state index contributed by atoms with van der Waals surface area (Å²) in [5, 5.41) is 0.0624. The van der Waals surface area contributed by atoms with Gasteiger partial charge in [0, 0.05) is 11.1 Å². The minimum atomic E-state index is -5.47. The maximum atomic E-state index is 13.2. The van der Waals surface area contributed by atoms with Crippen LogP contribution in [0.1, 0.15) is 0 Å². The number of halogens is 6. The van der Waals surface area contributed by atoms with Gasteiger partial charge in [-0.05, 0) is 46.3 Å². The van der Waals surface area contributed by atoms with Gasteiger partial charge in [-0.2, -0.15) is 13.2 Å². The second-order valence-electron chi connectivity index (χ2n) is 4.25. The molecule has 0 aliphatic carbocycles. The van der Waals surface area contributed by atoms with Crippen molar-refractivity contribution >= 4 is 37.4 Å². The van der Waals surface area contributed by atoms with Gasteiger partial charge in [-0.15, -0.1) is 0 Å². The molecule has 0 N–H and O–H groups in total. The molecule has 2 aromatic carbocycles. The van der Waals surface area contributed by atoms with E-state index in [9.17, 15) is 26.0 Å². The van der Waals surface area contributed by atoms with Gasteiger partial charge >= 0.3 is 5.51 Å². The highest BCUT2D eigenvalue weighted by Gasteiger charge is 2.47. The first-order valence-corrected chi connectivity index (χ1v) is 8.41. The summed E-state index contributed by atoms with van der Waals surface area (Å²) in [5.41, 5.74) is -5.41. The Hall–Kier alpha value is -1.32. The van der Waals surface area contributed by atoms with Crippen molar-refractivity contribution in [2.24, 2.45) is 0 Å². The summed E-state index contributed by atoms with van der Waals surface area (Å²) in [6.07, 6.45) is 0. The quantitative estimate of drug-likeness (QED) is 0.615. The molecule has 0 spiro atoms. The summed E-state index contributed by atoms with van der Waals surface area (Å²) in [4.78, 5) is -0.943. The van der Waals surface area contributed by atoms with Crippen molar-refractivity contribution in [2.75, 3.05) is 0 Å². The Bertz CT molecular complexity index is 833.